The molecule has 1 amide bonds. The molecule has 1 saturated carbocycles. The van der Waals surface area contributed by atoms with Gasteiger partial charge in [-0.05, 0) is 31.2 Å². The summed E-state index contributed by atoms with van der Waals surface area (Å²) < 4.78 is 0. The molecule has 1 atom stereocenters. The molecule has 0 aromatic carbocycles. The Labute approximate surface area is 86.6 Å². The lowest BCUT2D eigenvalue weighted by atomic mass is 9.92. The Morgan fingerprint density at radius 1 is 1.50 bits per heavy atom. The normalized spacial score (nSPS) is 24.9. The summed E-state index contributed by atoms with van der Waals surface area (Å²) in [5.74, 6) is 0.134. The molecule has 1 rings (SSSR count). The van der Waals surface area contributed by atoms with E-state index in [-0.39, 0.29) is 5.91 Å². The second-order valence-electron chi connectivity index (χ2n) is 4.95. The third kappa shape index (κ3) is 3.66. The van der Waals surface area contributed by atoms with E-state index in [4.69, 9.17) is 0 Å². The average molecular weight is 198 g/mol. The van der Waals surface area contributed by atoms with Crippen molar-refractivity contribution >= 4 is 5.91 Å². The van der Waals surface area contributed by atoms with Crippen LogP contribution in [0.15, 0.2) is 0 Å². The number of hydrogen-bond acceptors (Lipinski definition) is 2. The predicted octanol–water partition coefficient (Wildman–Crippen LogP) is 1.29. The zero-order valence-electron chi connectivity index (χ0n) is 9.52. The van der Waals surface area contributed by atoms with Crippen molar-refractivity contribution in [2.75, 3.05) is 13.1 Å². The lowest BCUT2D eigenvalue weighted by Gasteiger charge is -2.17. The van der Waals surface area contributed by atoms with Gasteiger partial charge in [0.15, 0.2) is 0 Å². The maximum absolute atomic E-state index is 11.4. The van der Waals surface area contributed by atoms with Gasteiger partial charge < -0.3 is 10.6 Å². The van der Waals surface area contributed by atoms with E-state index in [1.54, 1.807) is 0 Å². The number of hydrogen-bond donors (Lipinski definition) is 2. The van der Waals surface area contributed by atoms with Crippen molar-refractivity contribution in [2.24, 2.45) is 5.41 Å². The van der Waals surface area contributed by atoms with Crippen LogP contribution in [0.1, 0.15) is 40.0 Å². The Morgan fingerprint density at radius 2 is 2.21 bits per heavy atom. The minimum Gasteiger partial charge on any atom is -0.352 e. The Bertz CT molecular complexity index is 201. The molecule has 14 heavy (non-hydrogen) atoms. The monoisotopic (exact) mass is 198 g/mol. The maximum atomic E-state index is 11.4. The van der Waals surface area contributed by atoms with Crippen LogP contribution < -0.4 is 10.6 Å². The number of carbonyl (C=O) groups excluding carboxylic acids is 1. The number of amides is 1. The summed E-state index contributed by atoms with van der Waals surface area (Å²) in [5.41, 5.74) is 0.413. The number of nitrogens with one attached hydrogen (secondary N) is 2. The third-order valence-corrected chi connectivity index (χ3v) is 2.87. The highest BCUT2D eigenvalue weighted by Crippen LogP contribution is 2.36. The van der Waals surface area contributed by atoms with Crippen molar-refractivity contribution in [1.29, 1.82) is 0 Å². The molecule has 1 aliphatic carbocycles. The molecule has 3 nitrogen and oxygen atoms in total. The standard InChI is InChI=1S/C11H22N2O/c1-4-12-8-10(14)13-9-5-6-11(2,3)7-9/h9,12H,4-8H2,1-3H3,(H,13,14). The fourth-order valence-corrected chi connectivity index (χ4v) is 2.08. The minimum absolute atomic E-state index is 0.134. The lowest BCUT2D eigenvalue weighted by molar-refractivity contribution is -0.120. The molecular formula is C11H22N2O. The van der Waals surface area contributed by atoms with Gasteiger partial charge in [0.1, 0.15) is 0 Å². The Balaban J connectivity index is 2.22. The number of carbonyl (C=O) groups is 1. The van der Waals surface area contributed by atoms with Gasteiger partial charge in [-0.3, -0.25) is 4.79 Å². The maximum Gasteiger partial charge on any atom is 0.234 e. The van der Waals surface area contributed by atoms with E-state index in [1.165, 1.54) is 6.42 Å². The molecule has 0 radical (unpaired) electrons. The van der Waals surface area contributed by atoms with E-state index < -0.39 is 0 Å². The lowest BCUT2D eigenvalue weighted by Crippen LogP contribution is -2.39. The minimum atomic E-state index is 0.134. The third-order valence-electron chi connectivity index (χ3n) is 2.87. The summed E-state index contributed by atoms with van der Waals surface area (Å²) in [6.07, 6.45) is 3.47. The smallest absolute Gasteiger partial charge is 0.234 e. The molecule has 0 bridgehead atoms. The van der Waals surface area contributed by atoms with Crippen LogP contribution in [0.4, 0.5) is 0 Å². The summed E-state index contributed by atoms with van der Waals surface area (Å²) in [4.78, 5) is 11.4. The molecule has 0 spiro atoms. The first-order valence-electron chi connectivity index (χ1n) is 5.53. The van der Waals surface area contributed by atoms with E-state index in [2.05, 4.69) is 24.5 Å². The molecule has 1 fully saturated rings. The molecule has 0 saturated heterocycles. The largest absolute Gasteiger partial charge is 0.352 e. The van der Waals surface area contributed by atoms with Crippen LogP contribution in [0.25, 0.3) is 0 Å². The van der Waals surface area contributed by atoms with Crippen LogP contribution in [0.2, 0.25) is 0 Å². The van der Waals surface area contributed by atoms with E-state index in [1.807, 2.05) is 6.92 Å². The van der Waals surface area contributed by atoms with Gasteiger partial charge in [0.2, 0.25) is 5.91 Å². The van der Waals surface area contributed by atoms with Gasteiger partial charge in [0, 0.05) is 6.04 Å². The zero-order valence-corrected chi connectivity index (χ0v) is 9.52. The number of rotatable bonds is 4. The molecule has 1 aliphatic rings. The SMILES string of the molecule is CCNCC(=O)NC1CCC(C)(C)C1. The molecule has 0 aromatic rings. The average Bonchev–Trinajstić information content (AvgIpc) is 2.42. The Kier molecular flexibility index (Phi) is 3.93. The molecule has 0 heterocycles. The highest BCUT2D eigenvalue weighted by molar-refractivity contribution is 5.78. The Hall–Kier alpha value is -0.570. The van der Waals surface area contributed by atoms with Gasteiger partial charge in [-0.1, -0.05) is 20.8 Å². The van der Waals surface area contributed by atoms with Crippen LogP contribution in [0.5, 0.6) is 0 Å². The van der Waals surface area contributed by atoms with E-state index in [0.717, 1.165) is 19.4 Å². The summed E-state index contributed by atoms with van der Waals surface area (Å²) >= 11 is 0. The zero-order chi connectivity index (χ0) is 10.6. The van der Waals surface area contributed by atoms with Crippen LogP contribution in [-0.4, -0.2) is 25.0 Å². The van der Waals surface area contributed by atoms with E-state index in [0.29, 0.717) is 18.0 Å². The van der Waals surface area contributed by atoms with Gasteiger partial charge in [0.25, 0.3) is 0 Å². The molecule has 82 valence electrons. The first-order chi connectivity index (χ1) is 6.53. The molecule has 2 N–H and O–H groups in total. The highest BCUT2D eigenvalue weighted by atomic mass is 16.1. The van der Waals surface area contributed by atoms with E-state index >= 15 is 0 Å². The molecule has 3 heteroatoms. The second kappa shape index (κ2) is 4.78. The highest BCUT2D eigenvalue weighted by Gasteiger charge is 2.31. The van der Waals surface area contributed by atoms with Crippen molar-refractivity contribution in [3.05, 3.63) is 0 Å². The van der Waals surface area contributed by atoms with Crippen molar-refractivity contribution in [2.45, 2.75) is 46.1 Å². The van der Waals surface area contributed by atoms with Crippen LogP contribution >= 0.6 is 0 Å². The second-order valence-corrected chi connectivity index (χ2v) is 4.95. The predicted molar refractivity (Wildman–Crippen MR) is 58.1 cm³/mol. The van der Waals surface area contributed by atoms with Crippen LogP contribution in [-0.2, 0) is 4.79 Å². The summed E-state index contributed by atoms with van der Waals surface area (Å²) in [5, 5.41) is 6.10. The van der Waals surface area contributed by atoms with Gasteiger partial charge in [-0.15, -0.1) is 0 Å². The van der Waals surface area contributed by atoms with Crippen molar-refractivity contribution in [3.63, 3.8) is 0 Å². The van der Waals surface area contributed by atoms with Gasteiger partial charge in [-0.2, -0.15) is 0 Å². The van der Waals surface area contributed by atoms with Crippen molar-refractivity contribution in [1.82, 2.24) is 10.6 Å². The summed E-state index contributed by atoms with van der Waals surface area (Å²) in [6.45, 7) is 7.84. The first-order valence-corrected chi connectivity index (χ1v) is 5.53. The fourth-order valence-electron chi connectivity index (χ4n) is 2.08. The van der Waals surface area contributed by atoms with Crippen LogP contribution in [0.3, 0.4) is 0 Å². The molecule has 1 unspecified atom stereocenters. The van der Waals surface area contributed by atoms with Crippen molar-refractivity contribution < 1.29 is 4.79 Å². The molecular weight excluding hydrogens is 176 g/mol. The first kappa shape index (κ1) is 11.5. The quantitative estimate of drug-likeness (QED) is 0.714. The fraction of sp³-hybridized carbons (Fsp3) is 0.909. The Morgan fingerprint density at radius 3 is 2.71 bits per heavy atom. The molecule has 0 aromatic heterocycles. The number of likely N-dealkylation sites (N-methyl/N-ethyl adjacent to an activating group) is 1. The van der Waals surface area contributed by atoms with Gasteiger partial charge >= 0.3 is 0 Å². The van der Waals surface area contributed by atoms with Gasteiger partial charge in [-0.25, -0.2) is 0 Å². The van der Waals surface area contributed by atoms with Crippen LogP contribution in [0, 0.1) is 5.41 Å². The van der Waals surface area contributed by atoms with Crippen molar-refractivity contribution in [3.8, 4) is 0 Å². The summed E-state index contributed by atoms with van der Waals surface area (Å²) in [6, 6.07) is 0.399. The van der Waals surface area contributed by atoms with E-state index in [9.17, 15) is 4.79 Å². The topological polar surface area (TPSA) is 41.1 Å². The summed E-state index contributed by atoms with van der Waals surface area (Å²) in [7, 11) is 0. The molecule has 0 aliphatic heterocycles. The van der Waals surface area contributed by atoms with Gasteiger partial charge in [0.05, 0.1) is 6.54 Å².